The molecule has 1 saturated heterocycles. The average Bonchev–Trinajstić information content (AvgIpc) is 2.59. The molecule has 2 unspecified atom stereocenters. The largest absolute Gasteiger partial charge is 0.382 e. The number of rotatable bonds is 7. The van der Waals surface area contributed by atoms with E-state index in [0.717, 1.165) is 12.8 Å². The lowest BCUT2D eigenvalue weighted by molar-refractivity contribution is 0.0567. The highest BCUT2D eigenvalue weighted by molar-refractivity contribution is 5.94. The Balaban J connectivity index is 0.00000312. The van der Waals surface area contributed by atoms with Gasteiger partial charge in [-0.05, 0) is 37.0 Å². The van der Waals surface area contributed by atoms with Crippen molar-refractivity contribution in [2.75, 3.05) is 33.4 Å². The van der Waals surface area contributed by atoms with Crippen molar-refractivity contribution in [2.45, 2.75) is 32.4 Å². The van der Waals surface area contributed by atoms with Crippen molar-refractivity contribution in [3.63, 3.8) is 0 Å². The summed E-state index contributed by atoms with van der Waals surface area (Å²) >= 11 is 0. The SMILES string of the molecule is COCCOCc1cc(C(=O)N2CCC(C)CC2CN)ccc1F.Cl. The van der Waals surface area contributed by atoms with Gasteiger partial charge in [-0.2, -0.15) is 0 Å². The Hall–Kier alpha value is -1.21. The number of nitrogens with zero attached hydrogens (tertiary/aromatic N) is 1. The molecular formula is C18H28ClFN2O3. The van der Waals surface area contributed by atoms with Crippen LogP contribution in [0, 0.1) is 11.7 Å². The lowest BCUT2D eigenvalue weighted by atomic mass is 9.91. The number of carbonyl (C=O) groups is 1. The summed E-state index contributed by atoms with van der Waals surface area (Å²) < 4.78 is 24.2. The zero-order valence-electron chi connectivity index (χ0n) is 14.9. The third-order valence-electron chi connectivity index (χ3n) is 4.49. The standard InChI is InChI=1S/C18H27FN2O3.ClH/c1-13-5-6-21(16(9-13)11-20)18(22)14-3-4-17(19)15(10-14)12-24-8-7-23-2;/h3-4,10,13,16H,5-9,11-12,20H2,1-2H3;1H. The van der Waals surface area contributed by atoms with Crippen LogP contribution in [0.3, 0.4) is 0 Å². The minimum atomic E-state index is -0.369. The second-order valence-corrected chi connectivity index (χ2v) is 6.37. The van der Waals surface area contributed by atoms with E-state index in [9.17, 15) is 9.18 Å². The molecule has 0 bridgehead atoms. The highest BCUT2D eigenvalue weighted by atomic mass is 35.5. The number of piperidine rings is 1. The maximum atomic E-state index is 13.9. The molecule has 0 saturated carbocycles. The molecular weight excluding hydrogens is 347 g/mol. The van der Waals surface area contributed by atoms with Crippen molar-refractivity contribution in [1.29, 1.82) is 0 Å². The van der Waals surface area contributed by atoms with Crippen molar-refractivity contribution in [2.24, 2.45) is 11.7 Å². The normalized spacial score (nSPS) is 20.2. The summed E-state index contributed by atoms with van der Waals surface area (Å²) in [7, 11) is 1.58. The molecule has 2 atom stereocenters. The second kappa shape index (κ2) is 10.7. The summed E-state index contributed by atoms with van der Waals surface area (Å²) in [6.07, 6.45) is 1.88. The highest BCUT2D eigenvalue weighted by Gasteiger charge is 2.29. The van der Waals surface area contributed by atoms with Crippen molar-refractivity contribution in [1.82, 2.24) is 4.90 Å². The quantitative estimate of drug-likeness (QED) is 0.745. The van der Waals surface area contributed by atoms with Gasteiger partial charge in [0, 0.05) is 37.4 Å². The monoisotopic (exact) mass is 374 g/mol. The molecule has 0 spiro atoms. The van der Waals surface area contributed by atoms with E-state index in [1.165, 1.54) is 12.1 Å². The van der Waals surface area contributed by atoms with Crippen LogP contribution in [0.15, 0.2) is 18.2 Å². The van der Waals surface area contributed by atoms with Gasteiger partial charge >= 0.3 is 0 Å². The fraction of sp³-hybridized carbons (Fsp3) is 0.611. The molecule has 2 N–H and O–H groups in total. The van der Waals surface area contributed by atoms with Gasteiger partial charge in [0.2, 0.25) is 0 Å². The van der Waals surface area contributed by atoms with E-state index in [4.69, 9.17) is 15.2 Å². The number of likely N-dealkylation sites (tertiary alicyclic amines) is 1. The lowest BCUT2D eigenvalue weighted by Crippen LogP contribution is -2.49. The van der Waals surface area contributed by atoms with Gasteiger partial charge in [0.25, 0.3) is 5.91 Å². The molecule has 0 aliphatic carbocycles. The zero-order valence-corrected chi connectivity index (χ0v) is 15.7. The van der Waals surface area contributed by atoms with Crippen LogP contribution in [0.1, 0.15) is 35.7 Å². The first kappa shape index (κ1) is 21.8. The number of methoxy groups -OCH3 is 1. The first-order valence-electron chi connectivity index (χ1n) is 8.43. The Kier molecular flexibility index (Phi) is 9.35. The molecule has 1 fully saturated rings. The van der Waals surface area contributed by atoms with Gasteiger partial charge in [0.05, 0.1) is 19.8 Å². The number of hydrogen-bond donors (Lipinski definition) is 1. The topological polar surface area (TPSA) is 64.8 Å². The van der Waals surface area contributed by atoms with Crippen LogP contribution in [-0.4, -0.2) is 50.3 Å². The van der Waals surface area contributed by atoms with Gasteiger partial charge in [0.15, 0.2) is 0 Å². The van der Waals surface area contributed by atoms with Crippen LogP contribution >= 0.6 is 12.4 Å². The number of nitrogens with two attached hydrogens (primary N) is 1. The Morgan fingerprint density at radius 2 is 2.16 bits per heavy atom. The molecule has 0 aromatic heterocycles. The third-order valence-corrected chi connectivity index (χ3v) is 4.49. The van der Waals surface area contributed by atoms with Crippen molar-refractivity contribution in [3.05, 3.63) is 35.1 Å². The van der Waals surface area contributed by atoms with E-state index in [1.807, 2.05) is 4.90 Å². The van der Waals surface area contributed by atoms with Crippen molar-refractivity contribution >= 4 is 18.3 Å². The zero-order chi connectivity index (χ0) is 17.5. The molecule has 0 radical (unpaired) electrons. The molecule has 1 heterocycles. The van der Waals surface area contributed by atoms with Gasteiger partial charge in [-0.15, -0.1) is 12.4 Å². The Morgan fingerprint density at radius 3 is 2.84 bits per heavy atom. The van der Waals surface area contributed by atoms with E-state index in [-0.39, 0.29) is 36.8 Å². The van der Waals surface area contributed by atoms with Gasteiger partial charge in [0.1, 0.15) is 5.82 Å². The van der Waals surface area contributed by atoms with Gasteiger partial charge < -0.3 is 20.1 Å². The molecule has 1 aliphatic heterocycles. The molecule has 1 aliphatic rings. The van der Waals surface area contributed by atoms with E-state index in [0.29, 0.717) is 43.3 Å². The maximum absolute atomic E-state index is 13.9. The van der Waals surface area contributed by atoms with Crippen molar-refractivity contribution < 1.29 is 18.7 Å². The van der Waals surface area contributed by atoms with Crippen LogP contribution in [-0.2, 0) is 16.1 Å². The number of hydrogen-bond acceptors (Lipinski definition) is 4. The van der Waals surface area contributed by atoms with Gasteiger partial charge in [-0.1, -0.05) is 6.92 Å². The Bertz CT molecular complexity index is 559. The summed E-state index contributed by atoms with van der Waals surface area (Å²) in [4.78, 5) is 14.6. The Labute approximate surface area is 155 Å². The third kappa shape index (κ3) is 5.92. The summed E-state index contributed by atoms with van der Waals surface area (Å²) in [6.45, 7) is 4.27. The summed E-state index contributed by atoms with van der Waals surface area (Å²) in [5, 5.41) is 0. The van der Waals surface area contributed by atoms with Crippen molar-refractivity contribution in [3.8, 4) is 0 Å². The number of carbonyl (C=O) groups excluding carboxylic acids is 1. The average molecular weight is 375 g/mol. The summed E-state index contributed by atoms with van der Waals surface area (Å²) in [5.74, 6) is 0.114. The molecule has 7 heteroatoms. The molecule has 1 aromatic rings. The molecule has 25 heavy (non-hydrogen) atoms. The molecule has 1 aromatic carbocycles. The summed E-state index contributed by atoms with van der Waals surface area (Å²) in [6, 6.07) is 4.48. The molecule has 142 valence electrons. The summed E-state index contributed by atoms with van der Waals surface area (Å²) in [5.41, 5.74) is 6.70. The van der Waals surface area contributed by atoms with Crippen LogP contribution in [0.25, 0.3) is 0 Å². The minimum absolute atomic E-state index is 0. The van der Waals surface area contributed by atoms with E-state index in [2.05, 4.69) is 6.92 Å². The highest BCUT2D eigenvalue weighted by Crippen LogP contribution is 2.24. The fourth-order valence-electron chi connectivity index (χ4n) is 3.05. The number of amides is 1. The number of ether oxygens (including phenoxy) is 2. The first-order chi connectivity index (χ1) is 11.6. The van der Waals surface area contributed by atoms with Crippen LogP contribution in [0.5, 0.6) is 0 Å². The molecule has 2 rings (SSSR count). The molecule has 5 nitrogen and oxygen atoms in total. The van der Waals surface area contributed by atoms with E-state index < -0.39 is 0 Å². The van der Waals surface area contributed by atoms with Crippen LogP contribution in [0.4, 0.5) is 4.39 Å². The van der Waals surface area contributed by atoms with Crippen LogP contribution in [0.2, 0.25) is 0 Å². The number of benzene rings is 1. The first-order valence-corrected chi connectivity index (χ1v) is 8.43. The van der Waals surface area contributed by atoms with Crippen LogP contribution < -0.4 is 5.73 Å². The Morgan fingerprint density at radius 1 is 1.40 bits per heavy atom. The lowest BCUT2D eigenvalue weighted by Gasteiger charge is -2.38. The number of halogens is 2. The van der Waals surface area contributed by atoms with E-state index in [1.54, 1.807) is 13.2 Å². The minimum Gasteiger partial charge on any atom is -0.382 e. The van der Waals surface area contributed by atoms with Gasteiger partial charge in [-0.25, -0.2) is 4.39 Å². The maximum Gasteiger partial charge on any atom is 0.254 e. The fourth-order valence-corrected chi connectivity index (χ4v) is 3.05. The predicted molar refractivity (Wildman–Crippen MR) is 97.5 cm³/mol. The molecule has 1 amide bonds. The second-order valence-electron chi connectivity index (χ2n) is 6.37. The smallest absolute Gasteiger partial charge is 0.254 e. The van der Waals surface area contributed by atoms with E-state index >= 15 is 0 Å². The predicted octanol–water partition coefficient (Wildman–Crippen LogP) is 2.61. The van der Waals surface area contributed by atoms with Gasteiger partial charge in [-0.3, -0.25) is 4.79 Å².